The van der Waals surface area contributed by atoms with Gasteiger partial charge in [-0.2, -0.15) is 0 Å². The second-order valence-corrected chi connectivity index (χ2v) is 6.87. The van der Waals surface area contributed by atoms with Crippen molar-refractivity contribution in [3.8, 4) is 5.75 Å². The lowest BCUT2D eigenvalue weighted by Crippen LogP contribution is -2.24. The third kappa shape index (κ3) is 6.12. The molecule has 3 aromatic carbocycles. The zero-order valence-electron chi connectivity index (χ0n) is 17.9. The normalized spacial score (nSPS) is 10.4. The highest BCUT2D eigenvalue weighted by Gasteiger charge is 2.18. The smallest absolute Gasteiger partial charge is 0.434 e. The molecule has 0 saturated carbocycles. The van der Waals surface area contributed by atoms with E-state index in [2.05, 4.69) is 15.4 Å². The Morgan fingerprint density at radius 3 is 2.15 bits per heavy atom. The Balaban J connectivity index is 1.54. The summed E-state index contributed by atoms with van der Waals surface area (Å²) in [4.78, 5) is 35.8. The highest BCUT2D eigenvalue weighted by Crippen LogP contribution is 2.17. The maximum absolute atomic E-state index is 13.7. The minimum atomic E-state index is -1.71. The van der Waals surface area contributed by atoms with Gasteiger partial charge in [0, 0.05) is 17.8 Å². The van der Waals surface area contributed by atoms with E-state index in [0.29, 0.717) is 22.9 Å². The minimum Gasteiger partial charge on any atom is -0.434 e. The number of hydrogen-bond acceptors (Lipinski definition) is 5. The lowest BCUT2D eigenvalue weighted by Gasteiger charge is -2.09. The zero-order chi connectivity index (χ0) is 24.7. The first kappa shape index (κ1) is 24.3. The molecule has 176 valence electrons. The first-order valence-corrected chi connectivity index (χ1v) is 10.0. The van der Waals surface area contributed by atoms with Gasteiger partial charge in [-0.15, -0.1) is 0 Å². The second kappa shape index (κ2) is 11.0. The van der Waals surface area contributed by atoms with Gasteiger partial charge < -0.3 is 20.1 Å². The number of ether oxygens (including phenoxy) is 2. The number of carbonyl (C=O) groups is 3. The first-order chi connectivity index (χ1) is 16.3. The number of rotatable bonds is 7. The Kier molecular flexibility index (Phi) is 7.86. The predicted octanol–water partition coefficient (Wildman–Crippen LogP) is 4.82. The lowest BCUT2D eigenvalue weighted by atomic mass is 10.1. The fourth-order valence-electron chi connectivity index (χ4n) is 2.81. The number of hydrogen-bond donors (Lipinski definition) is 2. The van der Waals surface area contributed by atoms with E-state index in [1.807, 2.05) is 0 Å². The molecule has 0 unspecified atom stereocenters. The van der Waals surface area contributed by atoms with Crippen LogP contribution >= 0.6 is 0 Å². The van der Waals surface area contributed by atoms with Crippen molar-refractivity contribution in [1.82, 2.24) is 5.32 Å². The Hall–Kier alpha value is -4.34. The second-order valence-electron chi connectivity index (χ2n) is 6.87. The van der Waals surface area contributed by atoms with Crippen molar-refractivity contribution >= 4 is 23.7 Å². The average Bonchev–Trinajstić information content (AvgIpc) is 2.82. The highest BCUT2D eigenvalue weighted by atomic mass is 19.2. The van der Waals surface area contributed by atoms with Gasteiger partial charge in [-0.05, 0) is 61.0 Å². The van der Waals surface area contributed by atoms with Crippen LogP contribution in [0.15, 0.2) is 60.7 Å². The fraction of sp³-hybridized carbons (Fsp3) is 0.125. The van der Waals surface area contributed by atoms with E-state index in [4.69, 9.17) is 4.74 Å². The Morgan fingerprint density at radius 1 is 0.824 bits per heavy atom. The Morgan fingerprint density at radius 2 is 1.50 bits per heavy atom. The first-order valence-electron chi connectivity index (χ1n) is 10.0. The zero-order valence-corrected chi connectivity index (χ0v) is 17.9. The third-order valence-electron chi connectivity index (χ3n) is 4.52. The van der Waals surface area contributed by atoms with Gasteiger partial charge in [0.2, 0.25) is 0 Å². The maximum Gasteiger partial charge on any atom is 0.513 e. The summed E-state index contributed by atoms with van der Waals surface area (Å²) in [7, 11) is 0. The maximum atomic E-state index is 13.7. The van der Waals surface area contributed by atoms with Gasteiger partial charge in [0.15, 0.2) is 17.5 Å². The van der Waals surface area contributed by atoms with E-state index in [9.17, 15) is 27.6 Å². The van der Waals surface area contributed by atoms with Crippen molar-refractivity contribution in [2.24, 2.45) is 0 Å². The molecule has 0 atom stereocenters. The number of benzene rings is 3. The average molecular weight is 472 g/mol. The van der Waals surface area contributed by atoms with E-state index in [-0.39, 0.29) is 18.9 Å². The van der Waals surface area contributed by atoms with Crippen LogP contribution in [0.3, 0.4) is 0 Å². The van der Waals surface area contributed by atoms with E-state index in [1.165, 1.54) is 24.3 Å². The standard InChI is InChI=1S/C24H19F3N2O5/c1-2-33-24(32)34-17-9-5-15(6-10-17)22(30)29-16-7-3-14(4-8-16)13-28-23(31)18-11-12-19(25)21(27)20(18)26/h3-12H,2,13H2,1H3,(H,28,31)(H,29,30). The summed E-state index contributed by atoms with van der Waals surface area (Å²) in [5.74, 6) is -5.73. The molecule has 3 aromatic rings. The number of halogens is 3. The molecule has 0 radical (unpaired) electrons. The minimum absolute atomic E-state index is 0.00652. The quantitative estimate of drug-likeness (QED) is 0.292. The molecule has 7 nitrogen and oxygen atoms in total. The van der Waals surface area contributed by atoms with Crippen molar-refractivity contribution in [3.63, 3.8) is 0 Å². The van der Waals surface area contributed by atoms with Gasteiger partial charge >= 0.3 is 6.16 Å². The van der Waals surface area contributed by atoms with Crippen LogP contribution in [-0.4, -0.2) is 24.6 Å². The number of anilines is 1. The Bertz CT molecular complexity index is 1200. The number of amides is 2. The predicted molar refractivity (Wildman–Crippen MR) is 116 cm³/mol. The molecule has 2 amide bonds. The van der Waals surface area contributed by atoms with E-state index >= 15 is 0 Å². The summed E-state index contributed by atoms with van der Waals surface area (Å²) in [5, 5.41) is 5.11. The topological polar surface area (TPSA) is 93.7 Å². The summed E-state index contributed by atoms with van der Waals surface area (Å²) >= 11 is 0. The largest absolute Gasteiger partial charge is 0.513 e. The molecule has 0 saturated heterocycles. The molecule has 0 aliphatic heterocycles. The molecular weight excluding hydrogens is 453 g/mol. The molecule has 0 heterocycles. The van der Waals surface area contributed by atoms with Crippen molar-refractivity contribution in [2.45, 2.75) is 13.5 Å². The van der Waals surface area contributed by atoms with Crippen LogP contribution in [0.25, 0.3) is 0 Å². The van der Waals surface area contributed by atoms with Crippen LogP contribution < -0.4 is 15.4 Å². The lowest BCUT2D eigenvalue weighted by molar-refractivity contribution is 0.0944. The summed E-state index contributed by atoms with van der Waals surface area (Å²) in [6, 6.07) is 13.8. The third-order valence-corrected chi connectivity index (χ3v) is 4.52. The molecule has 34 heavy (non-hydrogen) atoms. The summed E-state index contributed by atoms with van der Waals surface area (Å²) < 4.78 is 49.6. The molecule has 0 bridgehead atoms. The van der Waals surface area contributed by atoms with Crippen LogP contribution in [-0.2, 0) is 11.3 Å². The monoisotopic (exact) mass is 472 g/mol. The molecule has 2 N–H and O–H groups in total. The van der Waals surface area contributed by atoms with Crippen LogP contribution in [0.2, 0.25) is 0 Å². The fourth-order valence-corrected chi connectivity index (χ4v) is 2.81. The number of nitrogens with one attached hydrogen (secondary N) is 2. The molecule has 0 spiro atoms. The number of carbonyl (C=O) groups excluding carboxylic acids is 3. The molecule has 10 heteroatoms. The molecule has 3 rings (SSSR count). The van der Waals surface area contributed by atoms with E-state index < -0.39 is 41.0 Å². The van der Waals surface area contributed by atoms with Crippen molar-refractivity contribution in [1.29, 1.82) is 0 Å². The van der Waals surface area contributed by atoms with Crippen LogP contribution in [0.5, 0.6) is 5.75 Å². The van der Waals surface area contributed by atoms with Gasteiger partial charge in [0.1, 0.15) is 5.75 Å². The van der Waals surface area contributed by atoms with Gasteiger partial charge in [-0.3, -0.25) is 9.59 Å². The summed E-state index contributed by atoms with van der Waals surface area (Å²) in [5.41, 5.74) is 0.802. The van der Waals surface area contributed by atoms with Gasteiger partial charge in [-0.1, -0.05) is 12.1 Å². The SMILES string of the molecule is CCOC(=O)Oc1ccc(C(=O)Nc2ccc(CNC(=O)c3ccc(F)c(F)c3F)cc2)cc1. The molecule has 0 aromatic heterocycles. The van der Waals surface area contributed by atoms with Crippen molar-refractivity contribution in [3.05, 3.63) is 94.8 Å². The van der Waals surface area contributed by atoms with Crippen LogP contribution in [0, 0.1) is 17.5 Å². The molecule has 0 aliphatic carbocycles. The van der Waals surface area contributed by atoms with Gasteiger partial charge in [0.25, 0.3) is 11.8 Å². The summed E-state index contributed by atoms with van der Waals surface area (Å²) in [6.07, 6.45) is -0.842. The molecule has 0 aliphatic rings. The molecule has 0 fully saturated rings. The Labute approximate surface area is 192 Å². The van der Waals surface area contributed by atoms with E-state index in [0.717, 1.165) is 6.07 Å². The highest BCUT2D eigenvalue weighted by molar-refractivity contribution is 6.04. The van der Waals surface area contributed by atoms with Crippen molar-refractivity contribution in [2.75, 3.05) is 11.9 Å². The van der Waals surface area contributed by atoms with Gasteiger partial charge in [-0.25, -0.2) is 18.0 Å². The molecular formula is C24H19F3N2O5. The van der Waals surface area contributed by atoms with E-state index in [1.54, 1.807) is 31.2 Å². The van der Waals surface area contributed by atoms with Crippen LogP contribution in [0.1, 0.15) is 33.2 Å². The van der Waals surface area contributed by atoms with Gasteiger partial charge in [0.05, 0.1) is 12.2 Å². The van der Waals surface area contributed by atoms with Crippen molar-refractivity contribution < 1.29 is 37.0 Å². The van der Waals surface area contributed by atoms with Crippen LogP contribution in [0.4, 0.5) is 23.7 Å². The summed E-state index contributed by atoms with van der Waals surface area (Å²) in [6.45, 7) is 1.82.